The van der Waals surface area contributed by atoms with E-state index in [-0.39, 0.29) is 0 Å². The van der Waals surface area contributed by atoms with E-state index in [0.29, 0.717) is 98.3 Å². The quantitative estimate of drug-likeness (QED) is 0.589. The van der Waals surface area contributed by atoms with Crippen LogP contribution in [0.4, 0.5) is 0 Å². The molecule has 0 saturated carbocycles. The fourth-order valence-corrected chi connectivity index (χ4v) is 4.43. The van der Waals surface area contributed by atoms with Gasteiger partial charge in [-0.15, -0.1) is 0 Å². The summed E-state index contributed by atoms with van der Waals surface area (Å²) in [6.07, 6.45) is 4.10. The van der Waals surface area contributed by atoms with Crippen LogP contribution in [0.5, 0.6) is 0 Å². The summed E-state index contributed by atoms with van der Waals surface area (Å²) in [6, 6.07) is 2.30. The van der Waals surface area contributed by atoms with Crippen LogP contribution in [0.15, 0.2) is 18.5 Å². The summed E-state index contributed by atoms with van der Waals surface area (Å²) in [7, 11) is 0. The molecule has 11 heavy (non-hydrogen) atoms. The normalized spacial score (nSPS) is 10.6. The summed E-state index contributed by atoms with van der Waals surface area (Å²) in [5.74, 6) is 0. The first-order valence-electron chi connectivity index (χ1n) is 3.68. The zero-order chi connectivity index (χ0) is 7.84. The van der Waals surface area contributed by atoms with Crippen molar-refractivity contribution < 1.29 is 42.8 Å². The molecule has 0 spiro atoms. The molecule has 2 aromatic rings. The molecule has 1 N–H and O–H groups in total. The van der Waals surface area contributed by atoms with Crippen molar-refractivity contribution in [2.24, 2.45) is 0 Å². The van der Waals surface area contributed by atoms with Crippen LogP contribution in [-0.4, -0.2) is 65.5 Å². The van der Waals surface area contributed by atoms with Crippen LogP contribution in [0, 0.1) is 42.8 Å². The van der Waals surface area contributed by atoms with Crippen LogP contribution in [0.25, 0.3) is 11.0 Å². The molecule has 2 aromatic heterocycles. The van der Waals surface area contributed by atoms with Gasteiger partial charge in [0.05, 0.1) is 0 Å². The van der Waals surface area contributed by atoms with Gasteiger partial charge in [-0.1, -0.05) is 0 Å². The van der Waals surface area contributed by atoms with Gasteiger partial charge in [0, 0.05) is 0 Å². The maximum absolute atomic E-state index is 4.34. The third-order valence-corrected chi connectivity index (χ3v) is 6.62. The molecule has 0 aliphatic rings. The van der Waals surface area contributed by atoms with E-state index in [4.69, 9.17) is 0 Å². The van der Waals surface area contributed by atoms with E-state index in [2.05, 4.69) is 22.2 Å². The molecule has 0 saturated heterocycles. The van der Waals surface area contributed by atoms with Crippen LogP contribution >= 0.6 is 0 Å². The van der Waals surface area contributed by atoms with Crippen molar-refractivity contribution in [3.63, 3.8) is 0 Å². The molecule has 4 heteroatoms. The number of pyridine rings is 1. The minimum atomic E-state index is 0.458. The fraction of sp³-hybridized carbons (Fsp3) is 0. The zero-order valence-electron chi connectivity index (χ0n) is 6.68. The van der Waals surface area contributed by atoms with E-state index in [1.54, 1.807) is 0 Å². The van der Waals surface area contributed by atoms with Crippen molar-refractivity contribution in [3.8, 4) is 0 Å². The van der Waals surface area contributed by atoms with Gasteiger partial charge in [0.15, 0.2) is 0 Å². The summed E-state index contributed by atoms with van der Waals surface area (Å²) in [4.78, 5) is 7.52. The third-order valence-electron chi connectivity index (χ3n) is 1.87. The van der Waals surface area contributed by atoms with Crippen molar-refractivity contribution >= 4 is 65.8 Å². The topological polar surface area (TPSA) is 28.7 Å². The SMILES string of the molecule is [Rb][c]1cnc2[nH]c[c]([RaH])c2c1. The number of aromatic nitrogens is 2. The standard InChI is InChI=1S/C7H4N2.Ra.Rb.H/c1-2-6-3-5-9-7(6)8-4-1;;;/h2,4-5H,(H,8,9);;;. The molecule has 2 heterocycles. The minimum absolute atomic E-state index is 0.458. The summed E-state index contributed by atoms with van der Waals surface area (Å²) in [5.41, 5.74) is 1.07. The Labute approximate surface area is 133 Å². The van der Waals surface area contributed by atoms with Crippen molar-refractivity contribution in [1.29, 1.82) is 0 Å². The van der Waals surface area contributed by atoms with E-state index >= 15 is 0 Å². The Morgan fingerprint density at radius 1 is 1.55 bits per heavy atom. The van der Waals surface area contributed by atoms with Crippen LogP contribution in [0.1, 0.15) is 0 Å². The van der Waals surface area contributed by atoms with Crippen LogP contribution in [-0.2, 0) is 0 Å². The molecule has 0 aliphatic heterocycles. The van der Waals surface area contributed by atoms with E-state index in [9.17, 15) is 0 Å². The number of fused-ring (bicyclic) bond motifs is 1. The first kappa shape index (κ1) is 9.52. The molecule has 46 valence electrons. The van der Waals surface area contributed by atoms with Gasteiger partial charge in [0.25, 0.3) is 0 Å². The van der Waals surface area contributed by atoms with Crippen molar-refractivity contribution in [2.45, 2.75) is 0 Å². The molecule has 0 radical (unpaired) electrons. The Hall–Kier alpha value is 1.96. The number of H-pyrrole nitrogens is 1. The fourth-order valence-electron chi connectivity index (χ4n) is 1.24. The Kier molecular flexibility index (Phi) is 3.46. The van der Waals surface area contributed by atoms with Crippen molar-refractivity contribution in [3.05, 3.63) is 18.5 Å². The van der Waals surface area contributed by atoms with Gasteiger partial charge in [-0.2, -0.15) is 0 Å². The van der Waals surface area contributed by atoms with Gasteiger partial charge in [0.2, 0.25) is 0 Å². The van der Waals surface area contributed by atoms with E-state index in [0.717, 1.165) is 5.65 Å². The predicted molar refractivity (Wildman–Crippen MR) is 42.5 cm³/mol. The monoisotopic (exact) mass is 428 g/mol. The van der Waals surface area contributed by atoms with Crippen molar-refractivity contribution in [2.75, 3.05) is 0 Å². The number of rotatable bonds is 0. The Balaban J connectivity index is 2.87. The molecule has 2 nitrogen and oxygen atoms in total. The molecule has 0 unspecified atom stereocenters. The number of aromatic amines is 1. The van der Waals surface area contributed by atoms with Crippen LogP contribution in [0.3, 0.4) is 0 Å². The molecule has 0 atom stereocenters. The maximum atomic E-state index is 4.34. The molecule has 2 rings (SSSR count). The molecule has 0 bridgehead atoms. The van der Waals surface area contributed by atoms with Gasteiger partial charge in [0.1, 0.15) is 0 Å². The van der Waals surface area contributed by atoms with Gasteiger partial charge >= 0.3 is 137 Å². The van der Waals surface area contributed by atoms with Gasteiger partial charge in [-0.3, -0.25) is 0 Å². The second kappa shape index (κ2) is 4.00. The third kappa shape index (κ3) is 2.07. The van der Waals surface area contributed by atoms with Crippen LogP contribution in [0.2, 0.25) is 0 Å². The molecule has 0 aromatic carbocycles. The number of nitrogens with one attached hydrogen (secondary N) is 1. The average molecular weight is 429 g/mol. The Morgan fingerprint density at radius 3 is 3.18 bits per heavy atom. The van der Waals surface area contributed by atoms with E-state index in [1.165, 1.54) is 4.62 Å². The Morgan fingerprint density at radius 2 is 2.36 bits per heavy atom. The van der Waals surface area contributed by atoms with E-state index < -0.39 is 0 Å². The molecular weight excluding hydrogens is 424 g/mol. The average Bonchev–Trinajstić information content (AvgIpc) is 2.33. The number of hydrogen-bond donors (Lipinski definition) is 1. The second-order valence-corrected chi connectivity index (χ2v) is 10.1. The second-order valence-electron chi connectivity index (χ2n) is 2.88. The molecular formula is C7H5N2RaRb. The predicted octanol–water partition coefficient (Wildman–Crippen LogP) is -0.736. The Bertz CT molecular complexity index is 396. The van der Waals surface area contributed by atoms with Gasteiger partial charge in [-0.05, 0) is 0 Å². The summed E-state index contributed by atoms with van der Waals surface area (Å²) in [5, 5.41) is 1.38. The zero-order valence-corrected chi connectivity index (χ0v) is 19.8. The number of hydrogen-bond acceptors (Lipinski definition) is 1. The molecule has 0 aliphatic carbocycles. The van der Waals surface area contributed by atoms with E-state index in [1.807, 2.05) is 6.20 Å². The number of nitrogens with zero attached hydrogens (tertiary/aromatic N) is 1. The molecule has 0 fully saturated rings. The van der Waals surface area contributed by atoms with Crippen molar-refractivity contribution in [1.82, 2.24) is 9.97 Å². The summed E-state index contributed by atoms with van der Waals surface area (Å²) in [6.45, 7) is 0. The van der Waals surface area contributed by atoms with Gasteiger partial charge < -0.3 is 0 Å². The first-order valence-corrected chi connectivity index (χ1v) is 10.2. The first-order chi connectivity index (χ1) is 5.27. The summed E-state index contributed by atoms with van der Waals surface area (Å²) < 4.78 is 2.98. The summed E-state index contributed by atoms with van der Waals surface area (Å²) >= 11 is 1.06. The van der Waals surface area contributed by atoms with Crippen LogP contribution < -0.4 is -0.764 Å². The molecule has 0 amide bonds. The van der Waals surface area contributed by atoms with Gasteiger partial charge in [-0.25, -0.2) is 0 Å².